The van der Waals surface area contributed by atoms with Crippen LogP contribution in [0.5, 0.6) is 0 Å². The molecule has 0 N–H and O–H groups in total. The van der Waals surface area contributed by atoms with E-state index in [4.69, 9.17) is 0 Å². The van der Waals surface area contributed by atoms with Crippen molar-refractivity contribution in [1.82, 2.24) is 4.98 Å². The zero-order valence-corrected chi connectivity index (χ0v) is 7.81. The van der Waals surface area contributed by atoms with E-state index in [0.717, 1.165) is 18.4 Å². The Morgan fingerprint density at radius 2 is 2.29 bits per heavy atom. The Hall–Kier alpha value is -1.70. The predicted molar refractivity (Wildman–Crippen MR) is 55.0 cm³/mol. The minimum Gasteiger partial charge on any atom is -0.287 e. The summed E-state index contributed by atoms with van der Waals surface area (Å²) < 4.78 is 0. The Labute approximate surface area is 83.0 Å². The van der Waals surface area contributed by atoms with Crippen molar-refractivity contribution in [3.8, 4) is 0 Å². The second-order valence-corrected chi connectivity index (χ2v) is 3.20. The molecule has 1 aliphatic rings. The molecule has 0 spiro atoms. The minimum atomic E-state index is 0.0509. The third-order valence-corrected chi connectivity index (χ3v) is 2.20. The van der Waals surface area contributed by atoms with Crippen molar-refractivity contribution >= 4 is 5.78 Å². The van der Waals surface area contributed by atoms with Gasteiger partial charge in [-0.25, -0.2) is 0 Å². The number of carbonyl (C=O) groups excluding carboxylic acids is 1. The molecule has 14 heavy (non-hydrogen) atoms. The van der Waals surface area contributed by atoms with Crippen LogP contribution in [0.1, 0.15) is 23.3 Å². The Morgan fingerprint density at radius 3 is 2.93 bits per heavy atom. The van der Waals surface area contributed by atoms with E-state index in [9.17, 15) is 4.79 Å². The molecule has 1 aliphatic carbocycles. The summed E-state index contributed by atoms with van der Waals surface area (Å²) in [5.74, 6) is 0.0509. The maximum absolute atomic E-state index is 11.8. The molecule has 0 atom stereocenters. The van der Waals surface area contributed by atoms with Gasteiger partial charge in [0, 0.05) is 11.8 Å². The molecule has 2 heteroatoms. The molecule has 0 aliphatic heterocycles. The smallest absolute Gasteiger partial charge is 0.207 e. The van der Waals surface area contributed by atoms with Crippen molar-refractivity contribution in [2.24, 2.45) is 0 Å². The van der Waals surface area contributed by atoms with Crippen LogP contribution in [-0.2, 0) is 0 Å². The highest BCUT2D eigenvalue weighted by atomic mass is 16.1. The fourth-order valence-corrected chi connectivity index (χ4v) is 1.45. The number of Topliss-reactive ketones (excluding diaryl/α,β-unsaturated/α-hetero) is 1. The maximum Gasteiger partial charge on any atom is 0.207 e. The van der Waals surface area contributed by atoms with Crippen LogP contribution in [0.3, 0.4) is 0 Å². The third kappa shape index (κ3) is 1.79. The lowest BCUT2D eigenvalue weighted by molar-refractivity contribution is 0.102. The van der Waals surface area contributed by atoms with Gasteiger partial charge in [-0.05, 0) is 25.0 Å². The molecule has 1 aromatic rings. The first-order valence-corrected chi connectivity index (χ1v) is 4.69. The highest BCUT2D eigenvalue weighted by Gasteiger charge is 2.12. The molecular formula is C12H11NO. The van der Waals surface area contributed by atoms with Gasteiger partial charge in [0.25, 0.3) is 0 Å². The molecule has 0 saturated heterocycles. The summed E-state index contributed by atoms with van der Waals surface area (Å²) in [6, 6.07) is 5.40. The standard InChI is InChI=1S/C12H11NO/c14-12(10-6-2-1-3-7-10)11-8-4-5-9-13-11/h1-2,4-6,8-9H,3,7H2. The van der Waals surface area contributed by atoms with Crippen molar-refractivity contribution < 1.29 is 4.79 Å². The minimum absolute atomic E-state index is 0.0509. The van der Waals surface area contributed by atoms with Crippen LogP contribution < -0.4 is 0 Å². The first kappa shape index (κ1) is 8.88. The lowest BCUT2D eigenvalue weighted by Crippen LogP contribution is -2.06. The van der Waals surface area contributed by atoms with E-state index in [1.54, 1.807) is 12.3 Å². The van der Waals surface area contributed by atoms with E-state index in [0.29, 0.717) is 5.69 Å². The zero-order valence-electron chi connectivity index (χ0n) is 7.81. The number of ketones is 1. The summed E-state index contributed by atoms with van der Waals surface area (Å²) in [7, 11) is 0. The number of nitrogens with zero attached hydrogens (tertiary/aromatic N) is 1. The summed E-state index contributed by atoms with van der Waals surface area (Å²) in [5.41, 5.74) is 1.39. The fourth-order valence-electron chi connectivity index (χ4n) is 1.45. The molecule has 0 aromatic carbocycles. The lowest BCUT2D eigenvalue weighted by atomic mass is 9.99. The molecule has 1 aromatic heterocycles. The average molecular weight is 185 g/mol. The fraction of sp³-hybridized carbons (Fsp3) is 0.167. The van der Waals surface area contributed by atoms with Crippen LogP contribution in [0.25, 0.3) is 0 Å². The van der Waals surface area contributed by atoms with Crippen LogP contribution >= 0.6 is 0 Å². The van der Waals surface area contributed by atoms with Gasteiger partial charge in [0.05, 0.1) is 0 Å². The van der Waals surface area contributed by atoms with E-state index in [-0.39, 0.29) is 5.78 Å². The van der Waals surface area contributed by atoms with Crippen LogP contribution in [0.2, 0.25) is 0 Å². The molecule has 2 nitrogen and oxygen atoms in total. The van der Waals surface area contributed by atoms with Crippen molar-refractivity contribution in [3.05, 3.63) is 53.9 Å². The molecule has 1 heterocycles. The van der Waals surface area contributed by atoms with E-state index in [2.05, 4.69) is 11.1 Å². The van der Waals surface area contributed by atoms with E-state index in [1.165, 1.54) is 0 Å². The number of hydrogen-bond acceptors (Lipinski definition) is 2. The summed E-state index contributed by atoms with van der Waals surface area (Å²) in [4.78, 5) is 15.9. The van der Waals surface area contributed by atoms with E-state index >= 15 is 0 Å². The second-order valence-electron chi connectivity index (χ2n) is 3.20. The molecular weight excluding hydrogens is 174 g/mol. The first-order valence-electron chi connectivity index (χ1n) is 4.69. The number of pyridine rings is 1. The number of carbonyl (C=O) groups is 1. The van der Waals surface area contributed by atoms with Crippen molar-refractivity contribution in [2.75, 3.05) is 0 Å². The number of aromatic nitrogens is 1. The van der Waals surface area contributed by atoms with Gasteiger partial charge >= 0.3 is 0 Å². The molecule has 0 unspecified atom stereocenters. The summed E-state index contributed by atoms with van der Waals surface area (Å²) in [6.07, 6.45) is 9.29. The SMILES string of the molecule is O=C(C1=CC=CCC1)c1ccccn1. The maximum atomic E-state index is 11.8. The Morgan fingerprint density at radius 1 is 1.36 bits per heavy atom. The molecule has 0 fully saturated rings. The second kappa shape index (κ2) is 4.01. The zero-order chi connectivity index (χ0) is 9.80. The Kier molecular flexibility index (Phi) is 2.54. The Balaban J connectivity index is 2.24. The molecule has 0 bridgehead atoms. The van der Waals surface area contributed by atoms with Crippen LogP contribution in [-0.4, -0.2) is 10.8 Å². The largest absolute Gasteiger partial charge is 0.287 e. The van der Waals surface area contributed by atoms with Crippen molar-refractivity contribution in [1.29, 1.82) is 0 Å². The lowest BCUT2D eigenvalue weighted by Gasteiger charge is -2.06. The molecule has 0 saturated carbocycles. The molecule has 2 rings (SSSR count). The van der Waals surface area contributed by atoms with Crippen molar-refractivity contribution in [2.45, 2.75) is 12.8 Å². The summed E-state index contributed by atoms with van der Waals surface area (Å²) >= 11 is 0. The predicted octanol–water partition coefficient (Wildman–Crippen LogP) is 2.54. The normalized spacial score (nSPS) is 15.0. The third-order valence-electron chi connectivity index (χ3n) is 2.20. The van der Waals surface area contributed by atoms with Crippen LogP contribution in [0.15, 0.2) is 48.2 Å². The van der Waals surface area contributed by atoms with E-state index in [1.807, 2.05) is 24.3 Å². The van der Waals surface area contributed by atoms with Gasteiger partial charge in [0.1, 0.15) is 5.69 Å². The van der Waals surface area contributed by atoms with Gasteiger partial charge < -0.3 is 0 Å². The number of rotatable bonds is 2. The average Bonchev–Trinajstić information content (AvgIpc) is 2.30. The highest BCUT2D eigenvalue weighted by Crippen LogP contribution is 2.15. The van der Waals surface area contributed by atoms with Crippen LogP contribution in [0.4, 0.5) is 0 Å². The molecule has 0 amide bonds. The van der Waals surface area contributed by atoms with Gasteiger partial charge in [-0.15, -0.1) is 0 Å². The number of allylic oxidation sites excluding steroid dienone is 4. The Bertz CT molecular complexity index is 390. The summed E-state index contributed by atoms with van der Waals surface area (Å²) in [6.45, 7) is 0. The first-order chi connectivity index (χ1) is 6.88. The van der Waals surface area contributed by atoms with E-state index < -0.39 is 0 Å². The van der Waals surface area contributed by atoms with Gasteiger partial charge in [0.2, 0.25) is 5.78 Å². The van der Waals surface area contributed by atoms with Gasteiger partial charge in [-0.1, -0.05) is 24.3 Å². The van der Waals surface area contributed by atoms with Gasteiger partial charge in [-0.3, -0.25) is 9.78 Å². The molecule has 70 valence electrons. The topological polar surface area (TPSA) is 30.0 Å². The van der Waals surface area contributed by atoms with Crippen molar-refractivity contribution in [3.63, 3.8) is 0 Å². The highest BCUT2D eigenvalue weighted by molar-refractivity contribution is 6.07. The van der Waals surface area contributed by atoms with Gasteiger partial charge in [0.15, 0.2) is 0 Å². The molecule has 0 radical (unpaired) electrons. The number of hydrogen-bond donors (Lipinski definition) is 0. The monoisotopic (exact) mass is 185 g/mol. The van der Waals surface area contributed by atoms with Gasteiger partial charge in [-0.2, -0.15) is 0 Å². The van der Waals surface area contributed by atoms with Crippen LogP contribution in [0, 0.1) is 0 Å². The summed E-state index contributed by atoms with van der Waals surface area (Å²) in [5, 5.41) is 0. The quantitative estimate of drug-likeness (QED) is 0.663.